The third-order valence-electron chi connectivity index (χ3n) is 5.33. The van der Waals surface area contributed by atoms with Crippen LogP contribution in [0, 0.1) is 5.41 Å². The molecule has 2 aromatic rings. The van der Waals surface area contributed by atoms with E-state index in [0.29, 0.717) is 37.3 Å². The molecule has 1 spiro atoms. The summed E-state index contributed by atoms with van der Waals surface area (Å²) in [6.45, 7) is -2.15. The lowest BCUT2D eigenvalue weighted by molar-refractivity contribution is -0.0498. The molecular formula is C16H18F2N4O4S. The molecule has 0 bridgehead atoms. The van der Waals surface area contributed by atoms with Gasteiger partial charge >= 0.3 is 6.61 Å². The molecule has 0 unspecified atom stereocenters. The maximum Gasteiger partial charge on any atom is 0.387 e. The van der Waals surface area contributed by atoms with Crippen molar-refractivity contribution >= 4 is 10.2 Å². The summed E-state index contributed by atoms with van der Waals surface area (Å²) < 4.78 is 58.5. The zero-order valence-electron chi connectivity index (χ0n) is 14.2. The molecule has 1 aromatic carbocycles. The fraction of sp³-hybridized carbons (Fsp3) is 0.500. The van der Waals surface area contributed by atoms with E-state index in [4.69, 9.17) is 9.66 Å². The molecule has 11 heteroatoms. The van der Waals surface area contributed by atoms with E-state index in [-0.39, 0.29) is 23.0 Å². The number of nitrogens with zero attached hydrogens (tertiary/aromatic N) is 3. The summed E-state index contributed by atoms with van der Waals surface area (Å²) in [6.07, 6.45) is 2.24. The van der Waals surface area contributed by atoms with Gasteiger partial charge in [0, 0.05) is 24.6 Å². The van der Waals surface area contributed by atoms with Gasteiger partial charge in [0.2, 0.25) is 0 Å². The number of rotatable bonds is 5. The molecule has 0 amide bonds. The first-order valence-electron chi connectivity index (χ1n) is 8.44. The normalized spacial score (nSPS) is 22.3. The number of benzene rings is 1. The molecule has 1 aliphatic carbocycles. The molecule has 1 aromatic heterocycles. The van der Waals surface area contributed by atoms with Gasteiger partial charge in [-0.25, -0.2) is 5.14 Å². The Balaban J connectivity index is 1.46. The monoisotopic (exact) mass is 400 g/mol. The molecule has 1 saturated carbocycles. The van der Waals surface area contributed by atoms with Gasteiger partial charge < -0.3 is 9.26 Å². The average Bonchev–Trinajstić information content (AvgIpc) is 3.07. The van der Waals surface area contributed by atoms with Crippen LogP contribution in [0.25, 0.3) is 11.5 Å². The summed E-state index contributed by atoms with van der Waals surface area (Å²) in [7, 11) is -3.66. The number of hydrogen-bond donors (Lipinski definition) is 1. The predicted molar refractivity (Wildman–Crippen MR) is 90.1 cm³/mol. The highest BCUT2D eigenvalue weighted by Crippen LogP contribution is 2.64. The summed E-state index contributed by atoms with van der Waals surface area (Å²) in [5.74, 6) is 0.890. The third-order valence-corrected chi connectivity index (χ3v) is 6.41. The van der Waals surface area contributed by atoms with Gasteiger partial charge in [0.25, 0.3) is 16.1 Å². The Morgan fingerprint density at radius 2 is 2.07 bits per heavy atom. The number of halogens is 2. The summed E-state index contributed by atoms with van der Waals surface area (Å²) >= 11 is 0. The van der Waals surface area contributed by atoms with E-state index < -0.39 is 16.8 Å². The minimum Gasteiger partial charge on any atom is -0.435 e. The lowest BCUT2D eigenvalue weighted by atomic mass is 9.92. The fourth-order valence-corrected chi connectivity index (χ4v) is 4.44. The van der Waals surface area contributed by atoms with Crippen LogP contribution in [0.5, 0.6) is 5.75 Å². The molecule has 4 rings (SSSR count). The van der Waals surface area contributed by atoms with Crippen LogP contribution in [0.2, 0.25) is 0 Å². The van der Waals surface area contributed by atoms with E-state index in [2.05, 4.69) is 14.9 Å². The number of alkyl halides is 2. The van der Waals surface area contributed by atoms with Crippen LogP contribution in [-0.4, -0.2) is 42.6 Å². The highest BCUT2D eigenvalue weighted by molar-refractivity contribution is 7.86. The van der Waals surface area contributed by atoms with Crippen molar-refractivity contribution in [3.05, 3.63) is 30.1 Å². The minimum absolute atomic E-state index is 0.0144. The maximum absolute atomic E-state index is 12.4. The Kier molecular flexibility index (Phi) is 4.40. The molecule has 146 valence electrons. The molecule has 1 aliphatic heterocycles. The van der Waals surface area contributed by atoms with Crippen molar-refractivity contribution < 1.29 is 26.5 Å². The summed E-state index contributed by atoms with van der Waals surface area (Å²) in [6, 6.07) is 6.07. The second-order valence-electron chi connectivity index (χ2n) is 6.93. The number of nitrogens with two attached hydrogens (primary N) is 1. The van der Waals surface area contributed by atoms with Crippen LogP contribution in [0.3, 0.4) is 0 Å². The van der Waals surface area contributed by atoms with Crippen molar-refractivity contribution in [2.45, 2.75) is 31.8 Å². The first-order chi connectivity index (χ1) is 12.8. The smallest absolute Gasteiger partial charge is 0.387 e. The van der Waals surface area contributed by atoms with E-state index in [1.807, 2.05) is 0 Å². The molecule has 1 saturated heterocycles. The molecule has 27 heavy (non-hydrogen) atoms. The molecule has 2 fully saturated rings. The van der Waals surface area contributed by atoms with Crippen molar-refractivity contribution in [2.75, 3.05) is 13.1 Å². The molecule has 1 atom stereocenters. The number of ether oxygens (including phenoxy) is 1. The van der Waals surface area contributed by atoms with Gasteiger partial charge in [-0.1, -0.05) is 11.2 Å². The van der Waals surface area contributed by atoms with Gasteiger partial charge in [0.05, 0.1) is 0 Å². The summed E-state index contributed by atoms with van der Waals surface area (Å²) in [4.78, 5) is 4.40. The predicted octanol–water partition coefficient (Wildman–Crippen LogP) is 2.11. The van der Waals surface area contributed by atoms with Gasteiger partial charge in [-0.15, -0.1) is 0 Å². The van der Waals surface area contributed by atoms with Gasteiger partial charge in [0.1, 0.15) is 5.75 Å². The Bertz CT molecular complexity index is 941. The zero-order chi connectivity index (χ0) is 19.2. The number of hydrogen-bond acceptors (Lipinski definition) is 6. The van der Waals surface area contributed by atoms with Crippen LogP contribution >= 0.6 is 0 Å². The van der Waals surface area contributed by atoms with E-state index in [0.717, 1.165) is 6.42 Å². The standard InChI is InChI=1S/C16H18F2N4O4S/c17-15(18)25-11-3-1-2-10(8-11)14-20-13(21-26-14)12-9-16(12)4-6-22(7-5-16)27(19,23)24/h1-3,8,12,15H,4-7,9H2,(H2,19,23,24)/t12-/m0/s1. The molecule has 2 heterocycles. The largest absolute Gasteiger partial charge is 0.435 e. The molecule has 2 N–H and O–H groups in total. The Morgan fingerprint density at radius 1 is 1.33 bits per heavy atom. The van der Waals surface area contributed by atoms with E-state index in [1.165, 1.54) is 16.4 Å². The van der Waals surface area contributed by atoms with Crippen molar-refractivity contribution in [1.29, 1.82) is 0 Å². The van der Waals surface area contributed by atoms with Crippen molar-refractivity contribution in [2.24, 2.45) is 10.6 Å². The topological polar surface area (TPSA) is 112 Å². The first-order valence-corrected chi connectivity index (χ1v) is 9.94. The lowest BCUT2D eigenvalue weighted by Crippen LogP contribution is -2.43. The Labute approximate surface area is 154 Å². The van der Waals surface area contributed by atoms with Gasteiger partial charge in [-0.05, 0) is 42.9 Å². The molecular weight excluding hydrogens is 382 g/mol. The van der Waals surface area contributed by atoms with Crippen LogP contribution < -0.4 is 9.88 Å². The van der Waals surface area contributed by atoms with Crippen molar-refractivity contribution in [3.8, 4) is 17.2 Å². The van der Waals surface area contributed by atoms with E-state index in [9.17, 15) is 17.2 Å². The second kappa shape index (κ2) is 6.50. The fourth-order valence-electron chi connectivity index (χ4n) is 3.75. The van der Waals surface area contributed by atoms with Gasteiger partial charge in [0.15, 0.2) is 5.82 Å². The Hall–Kier alpha value is -2.11. The summed E-state index contributed by atoms with van der Waals surface area (Å²) in [5.41, 5.74) is 0.467. The first kappa shape index (κ1) is 18.3. The zero-order valence-corrected chi connectivity index (χ0v) is 15.0. The van der Waals surface area contributed by atoms with Gasteiger partial charge in [-0.2, -0.15) is 26.5 Å². The molecule has 8 nitrogen and oxygen atoms in total. The SMILES string of the molecule is NS(=O)(=O)N1CCC2(CC1)C[C@H]2c1noc(-c2cccc(OC(F)F)c2)n1. The van der Waals surface area contributed by atoms with Gasteiger partial charge in [-0.3, -0.25) is 0 Å². The van der Waals surface area contributed by atoms with Crippen molar-refractivity contribution in [3.63, 3.8) is 0 Å². The molecule has 0 radical (unpaired) electrons. The number of piperidine rings is 1. The van der Waals surface area contributed by atoms with Crippen LogP contribution in [0.1, 0.15) is 31.0 Å². The lowest BCUT2D eigenvalue weighted by Gasteiger charge is -2.30. The maximum atomic E-state index is 12.4. The Morgan fingerprint density at radius 3 is 2.74 bits per heavy atom. The highest BCUT2D eigenvalue weighted by atomic mass is 32.2. The molecule has 2 aliphatic rings. The summed E-state index contributed by atoms with van der Waals surface area (Å²) in [5, 5.41) is 9.21. The number of aromatic nitrogens is 2. The van der Waals surface area contributed by atoms with Crippen LogP contribution in [0.15, 0.2) is 28.8 Å². The second-order valence-corrected chi connectivity index (χ2v) is 8.47. The van der Waals surface area contributed by atoms with E-state index in [1.54, 1.807) is 12.1 Å². The highest BCUT2D eigenvalue weighted by Gasteiger charge is 2.58. The average molecular weight is 400 g/mol. The quantitative estimate of drug-likeness (QED) is 0.823. The van der Waals surface area contributed by atoms with Crippen LogP contribution in [0.4, 0.5) is 8.78 Å². The van der Waals surface area contributed by atoms with Crippen LogP contribution in [-0.2, 0) is 10.2 Å². The van der Waals surface area contributed by atoms with E-state index >= 15 is 0 Å². The third kappa shape index (κ3) is 3.66. The minimum atomic E-state index is -3.66. The van der Waals surface area contributed by atoms with Crippen molar-refractivity contribution in [1.82, 2.24) is 14.4 Å².